The minimum atomic E-state index is 0.713. The average molecular weight is 204 g/mol. The van der Waals surface area contributed by atoms with Crippen LogP contribution in [0.1, 0.15) is 62.6 Å². The molecule has 0 saturated carbocycles. The molecule has 0 amide bonds. The van der Waals surface area contributed by atoms with Crippen molar-refractivity contribution in [2.75, 3.05) is 0 Å². The molecule has 15 heavy (non-hydrogen) atoms. The third-order valence-corrected chi connectivity index (χ3v) is 2.99. The fourth-order valence-corrected chi connectivity index (χ4v) is 2.21. The molecule has 84 valence electrons. The van der Waals surface area contributed by atoms with E-state index in [0.29, 0.717) is 5.92 Å². The molecule has 0 saturated heterocycles. The SMILES string of the molecule is CCCc1cc(C)cc(C(C)CCC)c1. The van der Waals surface area contributed by atoms with Gasteiger partial charge in [0.25, 0.3) is 0 Å². The normalized spacial score (nSPS) is 12.8. The molecule has 0 bridgehead atoms. The molecule has 1 rings (SSSR count). The van der Waals surface area contributed by atoms with Gasteiger partial charge in [-0.15, -0.1) is 0 Å². The molecule has 0 aromatic heterocycles. The second kappa shape index (κ2) is 5.95. The van der Waals surface area contributed by atoms with Crippen molar-refractivity contribution in [1.29, 1.82) is 0 Å². The van der Waals surface area contributed by atoms with Gasteiger partial charge in [-0.1, -0.05) is 57.4 Å². The predicted molar refractivity (Wildman–Crippen MR) is 68.5 cm³/mol. The summed E-state index contributed by atoms with van der Waals surface area (Å²) in [4.78, 5) is 0. The van der Waals surface area contributed by atoms with Crippen LogP contribution in [-0.2, 0) is 6.42 Å². The van der Waals surface area contributed by atoms with Gasteiger partial charge in [0.1, 0.15) is 0 Å². The summed E-state index contributed by atoms with van der Waals surface area (Å²) in [6.07, 6.45) is 5.03. The van der Waals surface area contributed by atoms with E-state index in [1.165, 1.54) is 42.4 Å². The molecule has 1 atom stereocenters. The first-order chi connectivity index (χ1) is 7.17. The summed E-state index contributed by atoms with van der Waals surface area (Å²) in [6, 6.07) is 7.07. The summed E-state index contributed by atoms with van der Waals surface area (Å²) < 4.78 is 0. The average Bonchev–Trinajstić information content (AvgIpc) is 2.17. The van der Waals surface area contributed by atoms with Crippen LogP contribution in [0, 0.1) is 6.92 Å². The lowest BCUT2D eigenvalue weighted by atomic mass is 9.92. The zero-order chi connectivity index (χ0) is 11.3. The van der Waals surface area contributed by atoms with Crippen molar-refractivity contribution in [3.63, 3.8) is 0 Å². The van der Waals surface area contributed by atoms with Gasteiger partial charge >= 0.3 is 0 Å². The standard InChI is InChI=1S/C15H24/c1-5-7-13(4)15-10-12(3)9-14(11-15)8-6-2/h9-11,13H,5-8H2,1-4H3. The number of hydrogen-bond donors (Lipinski definition) is 0. The van der Waals surface area contributed by atoms with Crippen LogP contribution in [0.2, 0.25) is 0 Å². The molecule has 1 aromatic carbocycles. The topological polar surface area (TPSA) is 0 Å². The van der Waals surface area contributed by atoms with Crippen LogP contribution in [0.4, 0.5) is 0 Å². The largest absolute Gasteiger partial charge is 0.0654 e. The lowest BCUT2D eigenvalue weighted by Gasteiger charge is -2.13. The maximum Gasteiger partial charge on any atom is -0.0190 e. The Labute approximate surface area is 94.7 Å². The third kappa shape index (κ3) is 3.70. The van der Waals surface area contributed by atoms with Crippen molar-refractivity contribution < 1.29 is 0 Å². The van der Waals surface area contributed by atoms with Gasteiger partial charge in [0, 0.05) is 0 Å². The van der Waals surface area contributed by atoms with Crippen molar-refractivity contribution in [2.45, 2.75) is 59.3 Å². The molecule has 1 unspecified atom stereocenters. The number of rotatable bonds is 5. The molecule has 0 heteroatoms. The van der Waals surface area contributed by atoms with Crippen LogP contribution in [0.3, 0.4) is 0 Å². The van der Waals surface area contributed by atoms with Crippen LogP contribution >= 0.6 is 0 Å². The predicted octanol–water partition coefficient (Wildman–Crippen LogP) is 4.85. The third-order valence-electron chi connectivity index (χ3n) is 2.99. The summed E-state index contributed by atoms with van der Waals surface area (Å²) in [5.74, 6) is 0.713. The molecule has 1 aromatic rings. The highest BCUT2D eigenvalue weighted by molar-refractivity contribution is 5.31. The van der Waals surface area contributed by atoms with E-state index in [9.17, 15) is 0 Å². The molecular formula is C15H24. The summed E-state index contributed by atoms with van der Waals surface area (Å²) in [5, 5.41) is 0. The quantitative estimate of drug-likeness (QED) is 0.643. The minimum absolute atomic E-state index is 0.713. The Bertz CT molecular complexity index is 299. The van der Waals surface area contributed by atoms with E-state index in [0.717, 1.165) is 0 Å². The number of hydrogen-bond acceptors (Lipinski definition) is 0. The van der Waals surface area contributed by atoms with Crippen LogP contribution < -0.4 is 0 Å². The van der Waals surface area contributed by atoms with Gasteiger partial charge in [-0.05, 0) is 36.8 Å². The van der Waals surface area contributed by atoms with Gasteiger partial charge in [0.05, 0.1) is 0 Å². The number of benzene rings is 1. The minimum Gasteiger partial charge on any atom is -0.0654 e. The van der Waals surface area contributed by atoms with Gasteiger partial charge in [-0.25, -0.2) is 0 Å². The maximum atomic E-state index is 2.40. The van der Waals surface area contributed by atoms with E-state index in [4.69, 9.17) is 0 Å². The van der Waals surface area contributed by atoms with Crippen LogP contribution in [0.25, 0.3) is 0 Å². The van der Waals surface area contributed by atoms with Crippen molar-refractivity contribution >= 4 is 0 Å². The Hall–Kier alpha value is -0.780. The zero-order valence-corrected chi connectivity index (χ0v) is 10.6. The molecule has 0 aliphatic rings. The highest BCUT2D eigenvalue weighted by Crippen LogP contribution is 2.23. The number of aryl methyl sites for hydroxylation is 2. The molecule has 0 aliphatic heterocycles. The Balaban J connectivity index is 2.87. The molecule has 0 fully saturated rings. The van der Waals surface area contributed by atoms with E-state index < -0.39 is 0 Å². The first-order valence-electron chi connectivity index (χ1n) is 6.27. The van der Waals surface area contributed by atoms with E-state index in [1.54, 1.807) is 0 Å². The fraction of sp³-hybridized carbons (Fsp3) is 0.600. The van der Waals surface area contributed by atoms with Gasteiger partial charge in [0.2, 0.25) is 0 Å². The molecule has 0 radical (unpaired) electrons. The van der Waals surface area contributed by atoms with Crippen molar-refractivity contribution in [3.05, 3.63) is 34.9 Å². The molecule has 0 aliphatic carbocycles. The second-order valence-electron chi connectivity index (χ2n) is 4.69. The highest BCUT2D eigenvalue weighted by Gasteiger charge is 2.06. The Morgan fingerprint density at radius 1 is 1.07 bits per heavy atom. The Morgan fingerprint density at radius 3 is 2.40 bits per heavy atom. The molecule has 0 spiro atoms. The van der Waals surface area contributed by atoms with Gasteiger partial charge in [-0.2, -0.15) is 0 Å². The monoisotopic (exact) mass is 204 g/mol. The lowest BCUT2D eigenvalue weighted by molar-refractivity contribution is 0.663. The lowest BCUT2D eigenvalue weighted by Crippen LogP contribution is -1.96. The maximum absolute atomic E-state index is 2.40. The van der Waals surface area contributed by atoms with Crippen molar-refractivity contribution in [1.82, 2.24) is 0 Å². The summed E-state index contributed by atoms with van der Waals surface area (Å²) in [5.41, 5.74) is 4.45. The zero-order valence-electron chi connectivity index (χ0n) is 10.6. The Morgan fingerprint density at radius 2 is 1.80 bits per heavy atom. The fourth-order valence-electron chi connectivity index (χ4n) is 2.21. The van der Waals surface area contributed by atoms with Crippen LogP contribution in [0.15, 0.2) is 18.2 Å². The summed E-state index contributed by atoms with van der Waals surface area (Å²) in [7, 11) is 0. The molecule has 0 heterocycles. The van der Waals surface area contributed by atoms with Crippen molar-refractivity contribution in [3.8, 4) is 0 Å². The molecule has 0 nitrogen and oxygen atoms in total. The van der Waals surface area contributed by atoms with Gasteiger partial charge in [0.15, 0.2) is 0 Å². The second-order valence-corrected chi connectivity index (χ2v) is 4.69. The van der Waals surface area contributed by atoms with Crippen LogP contribution in [0.5, 0.6) is 0 Å². The summed E-state index contributed by atoms with van der Waals surface area (Å²) >= 11 is 0. The first kappa shape index (κ1) is 12.3. The van der Waals surface area contributed by atoms with Gasteiger partial charge in [-0.3, -0.25) is 0 Å². The molecule has 0 N–H and O–H groups in total. The Kier molecular flexibility index (Phi) is 4.87. The van der Waals surface area contributed by atoms with E-state index in [1.807, 2.05) is 0 Å². The van der Waals surface area contributed by atoms with E-state index in [2.05, 4.69) is 45.9 Å². The van der Waals surface area contributed by atoms with Gasteiger partial charge < -0.3 is 0 Å². The summed E-state index contributed by atoms with van der Waals surface area (Å²) in [6.45, 7) is 9.06. The van der Waals surface area contributed by atoms with E-state index >= 15 is 0 Å². The van der Waals surface area contributed by atoms with Crippen molar-refractivity contribution in [2.24, 2.45) is 0 Å². The smallest absolute Gasteiger partial charge is 0.0190 e. The van der Waals surface area contributed by atoms with Crippen LogP contribution in [-0.4, -0.2) is 0 Å². The van der Waals surface area contributed by atoms with E-state index in [-0.39, 0.29) is 0 Å². The molecular weight excluding hydrogens is 180 g/mol. The highest BCUT2D eigenvalue weighted by atomic mass is 14.1. The first-order valence-corrected chi connectivity index (χ1v) is 6.27.